The molecule has 1 fully saturated rings. The maximum absolute atomic E-state index is 12.0. The van der Waals surface area contributed by atoms with Crippen molar-refractivity contribution in [1.29, 1.82) is 0 Å². The van der Waals surface area contributed by atoms with Gasteiger partial charge in [-0.15, -0.1) is 11.3 Å². The van der Waals surface area contributed by atoms with E-state index in [0.717, 1.165) is 5.01 Å². The highest BCUT2D eigenvalue weighted by Gasteiger charge is 2.25. The lowest BCUT2D eigenvalue weighted by Gasteiger charge is -2.29. The van der Waals surface area contributed by atoms with E-state index < -0.39 is 0 Å². The van der Waals surface area contributed by atoms with E-state index in [9.17, 15) is 9.59 Å². The van der Waals surface area contributed by atoms with Crippen molar-refractivity contribution >= 4 is 23.2 Å². The number of rotatable bonds is 3. The van der Waals surface area contributed by atoms with Gasteiger partial charge in [-0.3, -0.25) is 9.59 Å². The molecule has 1 aliphatic heterocycles. The van der Waals surface area contributed by atoms with Crippen LogP contribution in [0.4, 0.5) is 0 Å². The maximum Gasteiger partial charge on any atom is 0.271 e. The second kappa shape index (κ2) is 5.66. The van der Waals surface area contributed by atoms with Crippen LogP contribution in [-0.4, -0.2) is 41.3 Å². The molecule has 0 saturated carbocycles. The number of hydrogen-bond donors (Lipinski definition) is 2. The van der Waals surface area contributed by atoms with Crippen molar-refractivity contribution in [3.63, 3.8) is 0 Å². The number of piperidine rings is 1. The van der Waals surface area contributed by atoms with Crippen molar-refractivity contribution in [1.82, 2.24) is 15.2 Å². The van der Waals surface area contributed by atoms with Crippen molar-refractivity contribution in [2.75, 3.05) is 13.6 Å². The smallest absolute Gasteiger partial charge is 0.271 e. The Morgan fingerprint density at radius 1 is 1.68 bits per heavy atom. The van der Waals surface area contributed by atoms with Crippen molar-refractivity contribution in [2.24, 2.45) is 5.73 Å². The molecule has 0 bridgehead atoms. The first-order chi connectivity index (χ1) is 8.97. The van der Waals surface area contributed by atoms with E-state index in [0.29, 0.717) is 25.1 Å². The summed E-state index contributed by atoms with van der Waals surface area (Å²) in [6.45, 7) is 2.39. The molecule has 1 saturated heterocycles. The lowest BCUT2D eigenvalue weighted by molar-refractivity contribution is -0.132. The zero-order valence-corrected chi connectivity index (χ0v) is 11.9. The minimum atomic E-state index is -0.198. The molecule has 2 amide bonds. The van der Waals surface area contributed by atoms with E-state index in [4.69, 9.17) is 5.73 Å². The van der Waals surface area contributed by atoms with Crippen LogP contribution in [0.2, 0.25) is 0 Å². The van der Waals surface area contributed by atoms with Crippen LogP contribution < -0.4 is 11.1 Å². The monoisotopic (exact) mass is 282 g/mol. The van der Waals surface area contributed by atoms with Gasteiger partial charge in [-0.25, -0.2) is 4.98 Å². The molecule has 2 heterocycles. The Morgan fingerprint density at radius 3 is 3.00 bits per heavy atom. The van der Waals surface area contributed by atoms with Crippen LogP contribution in [-0.2, 0) is 4.79 Å². The summed E-state index contributed by atoms with van der Waals surface area (Å²) in [7, 11) is 1.75. The van der Waals surface area contributed by atoms with Gasteiger partial charge in [0, 0.05) is 31.4 Å². The predicted octanol–water partition coefficient (Wildman–Crippen LogP) is 0.513. The number of hydrogen-bond acceptors (Lipinski definition) is 5. The molecule has 7 heteroatoms. The van der Waals surface area contributed by atoms with E-state index in [1.54, 1.807) is 17.3 Å². The summed E-state index contributed by atoms with van der Waals surface area (Å²) in [5.41, 5.74) is 6.12. The number of nitrogens with one attached hydrogen (secondary N) is 1. The third kappa shape index (κ3) is 3.30. The summed E-state index contributed by atoms with van der Waals surface area (Å²) in [5, 5.41) is 5.37. The molecule has 2 atom stereocenters. The molecule has 0 radical (unpaired) electrons. The van der Waals surface area contributed by atoms with Gasteiger partial charge in [0.1, 0.15) is 10.7 Å². The van der Waals surface area contributed by atoms with E-state index in [2.05, 4.69) is 10.3 Å². The molecule has 1 aromatic heterocycles. The van der Waals surface area contributed by atoms with Crippen LogP contribution in [0.15, 0.2) is 5.38 Å². The molecule has 2 unspecified atom stereocenters. The molecule has 3 N–H and O–H groups in total. The summed E-state index contributed by atoms with van der Waals surface area (Å²) in [6.07, 6.45) is 1.16. The van der Waals surface area contributed by atoms with Gasteiger partial charge < -0.3 is 16.0 Å². The number of amides is 2. The fraction of sp³-hybridized carbons (Fsp3) is 0.583. The van der Waals surface area contributed by atoms with Crippen LogP contribution in [0.3, 0.4) is 0 Å². The van der Waals surface area contributed by atoms with Gasteiger partial charge in [0.2, 0.25) is 5.91 Å². The maximum atomic E-state index is 12.0. The second-order valence-corrected chi connectivity index (χ2v) is 5.73. The number of likely N-dealkylation sites (tertiary alicyclic amines) is 1. The minimum absolute atomic E-state index is 0.00403. The highest BCUT2D eigenvalue weighted by Crippen LogP contribution is 2.16. The molecule has 0 aromatic carbocycles. The van der Waals surface area contributed by atoms with Gasteiger partial charge in [0.15, 0.2) is 0 Å². The van der Waals surface area contributed by atoms with Crippen LogP contribution in [0.1, 0.15) is 41.3 Å². The second-order valence-electron chi connectivity index (χ2n) is 4.84. The first-order valence-electron chi connectivity index (χ1n) is 6.23. The Bertz CT molecular complexity index is 486. The highest BCUT2D eigenvalue weighted by atomic mass is 32.1. The summed E-state index contributed by atoms with van der Waals surface area (Å²) >= 11 is 1.39. The molecular formula is C12H18N4O2S. The SMILES string of the molecule is CC(N)c1nc(C(=O)NC2CCC(=O)N(C)C2)cs1. The normalized spacial score (nSPS) is 21.3. The summed E-state index contributed by atoms with van der Waals surface area (Å²) in [4.78, 5) is 29.2. The van der Waals surface area contributed by atoms with Crippen LogP contribution in [0, 0.1) is 0 Å². The zero-order chi connectivity index (χ0) is 14.0. The third-order valence-corrected chi connectivity index (χ3v) is 4.15. The lowest BCUT2D eigenvalue weighted by Crippen LogP contribution is -2.48. The Hall–Kier alpha value is -1.47. The molecule has 2 rings (SSSR count). The van der Waals surface area contributed by atoms with E-state index in [-0.39, 0.29) is 23.9 Å². The summed E-state index contributed by atoms with van der Waals surface area (Å²) in [5.74, 6) is -0.0747. The number of nitrogens with zero attached hydrogens (tertiary/aromatic N) is 2. The number of nitrogens with two attached hydrogens (primary N) is 1. The molecular weight excluding hydrogens is 264 g/mol. The standard InChI is InChI=1S/C12H18N4O2S/c1-7(13)12-15-9(6-19-12)11(18)14-8-3-4-10(17)16(2)5-8/h6-8H,3-5,13H2,1-2H3,(H,14,18). The molecule has 104 valence electrons. The largest absolute Gasteiger partial charge is 0.346 e. The van der Waals surface area contributed by atoms with Crippen molar-refractivity contribution in [3.05, 3.63) is 16.1 Å². The number of aromatic nitrogens is 1. The van der Waals surface area contributed by atoms with Gasteiger partial charge in [0.05, 0.1) is 6.04 Å². The Kier molecular flexibility index (Phi) is 4.16. The van der Waals surface area contributed by atoms with Crippen molar-refractivity contribution < 1.29 is 9.59 Å². The minimum Gasteiger partial charge on any atom is -0.346 e. The first kappa shape index (κ1) is 14.0. The zero-order valence-electron chi connectivity index (χ0n) is 11.0. The Morgan fingerprint density at radius 2 is 2.42 bits per heavy atom. The summed E-state index contributed by atoms with van der Waals surface area (Å²) < 4.78 is 0. The van der Waals surface area contributed by atoms with Gasteiger partial charge in [-0.05, 0) is 13.3 Å². The van der Waals surface area contributed by atoms with E-state index >= 15 is 0 Å². The van der Waals surface area contributed by atoms with Gasteiger partial charge in [-0.1, -0.05) is 0 Å². The Labute approximate surface area is 116 Å². The Balaban J connectivity index is 1.95. The molecule has 19 heavy (non-hydrogen) atoms. The van der Waals surface area contributed by atoms with Crippen molar-refractivity contribution in [2.45, 2.75) is 31.8 Å². The molecule has 1 aromatic rings. The van der Waals surface area contributed by atoms with Crippen molar-refractivity contribution in [3.8, 4) is 0 Å². The number of thiazole rings is 1. The van der Waals surface area contributed by atoms with Gasteiger partial charge in [-0.2, -0.15) is 0 Å². The van der Waals surface area contributed by atoms with Crippen LogP contribution in [0.5, 0.6) is 0 Å². The fourth-order valence-electron chi connectivity index (χ4n) is 1.99. The molecule has 6 nitrogen and oxygen atoms in total. The predicted molar refractivity (Wildman–Crippen MR) is 72.8 cm³/mol. The number of carbonyl (C=O) groups is 2. The average Bonchev–Trinajstić information content (AvgIpc) is 2.83. The van der Waals surface area contributed by atoms with E-state index in [1.165, 1.54) is 11.3 Å². The van der Waals surface area contributed by atoms with E-state index in [1.807, 2.05) is 6.92 Å². The number of carbonyl (C=O) groups excluding carboxylic acids is 2. The highest BCUT2D eigenvalue weighted by molar-refractivity contribution is 7.09. The van der Waals surface area contributed by atoms with Gasteiger partial charge >= 0.3 is 0 Å². The van der Waals surface area contributed by atoms with Crippen LogP contribution in [0.25, 0.3) is 0 Å². The number of likely N-dealkylation sites (N-methyl/N-ethyl adjacent to an activating group) is 1. The lowest BCUT2D eigenvalue weighted by atomic mass is 10.1. The molecule has 1 aliphatic rings. The molecule has 0 spiro atoms. The summed E-state index contributed by atoms with van der Waals surface area (Å²) in [6, 6.07) is -0.166. The third-order valence-electron chi connectivity index (χ3n) is 3.11. The molecule has 0 aliphatic carbocycles. The topological polar surface area (TPSA) is 88.3 Å². The average molecular weight is 282 g/mol. The quantitative estimate of drug-likeness (QED) is 0.845. The van der Waals surface area contributed by atoms with Crippen LogP contribution >= 0.6 is 11.3 Å². The fourth-order valence-corrected chi connectivity index (χ4v) is 2.75. The first-order valence-corrected chi connectivity index (χ1v) is 7.11. The van der Waals surface area contributed by atoms with Gasteiger partial charge in [0.25, 0.3) is 5.91 Å².